The van der Waals surface area contributed by atoms with Crippen molar-refractivity contribution >= 4 is 30.6 Å². The summed E-state index contributed by atoms with van der Waals surface area (Å²) >= 11 is 0. The minimum atomic E-state index is -2.74. The third kappa shape index (κ3) is 8.65. The van der Waals surface area contributed by atoms with Gasteiger partial charge in [0.15, 0.2) is 9.84 Å². The first-order valence-electron chi connectivity index (χ1n) is 2.40. The van der Waals surface area contributed by atoms with Crippen LogP contribution in [0, 0.1) is 0 Å². The lowest BCUT2D eigenvalue weighted by Crippen LogP contribution is -1.97. The average Bonchev–Trinajstić information content (AvgIpc) is 1.59. The van der Waals surface area contributed by atoms with Gasteiger partial charge in [-0.15, -0.1) is 10.8 Å². The van der Waals surface area contributed by atoms with Crippen LogP contribution in [0.3, 0.4) is 0 Å². The number of sulfone groups is 1. The van der Waals surface area contributed by atoms with Crippen LogP contribution in [0.2, 0.25) is 0 Å². The smallest absolute Gasteiger partial charge is 0.157 e. The second kappa shape index (κ2) is 3.73. The van der Waals surface area contributed by atoms with E-state index in [1.807, 2.05) is 12.5 Å². The first kappa shape index (κ1) is 9.65. The third-order valence-corrected chi connectivity index (χ3v) is 5.67. The molecule has 0 aliphatic rings. The number of hydrogen-bond acceptors (Lipinski definition) is 3. The van der Waals surface area contributed by atoms with Crippen LogP contribution in [0.5, 0.6) is 0 Å². The van der Waals surface area contributed by atoms with Crippen LogP contribution in [-0.4, -0.2) is 32.3 Å². The summed E-state index contributed by atoms with van der Waals surface area (Å²) in [7, 11) is -1.35. The molecule has 0 aromatic heterocycles. The fourth-order valence-corrected chi connectivity index (χ4v) is 5.43. The van der Waals surface area contributed by atoms with E-state index in [0.717, 1.165) is 0 Å². The van der Waals surface area contributed by atoms with Crippen molar-refractivity contribution in [3.63, 3.8) is 0 Å². The first-order valence-corrected chi connectivity index (χ1v) is 8.28. The summed E-state index contributed by atoms with van der Waals surface area (Å²) in [5.74, 6) is 0. The molecule has 0 saturated heterocycles. The van der Waals surface area contributed by atoms with Gasteiger partial charge in [0, 0.05) is 6.26 Å². The highest BCUT2D eigenvalue weighted by atomic mass is 33.1. The maximum absolute atomic E-state index is 10.5. The Hall–Kier alpha value is 0.650. The van der Waals surface area contributed by atoms with E-state index in [1.165, 1.54) is 17.0 Å². The highest BCUT2D eigenvalue weighted by Gasteiger charge is 2.01. The molecule has 0 unspecified atom stereocenters. The van der Waals surface area contributed by atoms with Gasteiger partial charge in [0.1, 0.15) is 5.08 Å². The van der Waals surface area contributed by atoms with Gasteiger partial charge in [0.2, 0.25) is 0 Å². The Morgan fingerprint density at radius 1 is 1.44 bits per heavy atom. The molecule has 0 aromatic carbocycles. The lowest BCUT2D eigenvalue weighted by molar-refractivity contribution is 0.606. The molecule has 0 aliphatic heterocycles. The molecule has 0 saturated carbocycles. The van der Waals surface area contributed by atoms with E-state index in [0.29, 0.717) is 0 Å². The summed E-state index contributed by atoms with van der Waals surface area (Å²) in [4.78, 5) is 0. The van der Waals surface area contributed by atoms with Gasteiger partial charge in [-0.25, -0.2) is 18.3 Å². The molecule has 0 fully saturated rings. The normalized spacial score (nSPS) is 13.4. The molecule has 0 N–H and O–H groups in total. The molecule has 0 bridgehead atoms. The van der Waals surface area contributed by atoms with Crippen molar-refractivity contribution in [1.82, 2.24) is 0 Å². The monoisotopic (exact) mass is 188 g/mol. The van der Waals surface area contributed by atoms with Crippen LogP contribution in [-0.2, 0) is 9.84 Å². The Morgan fingerprint density at radius 3 is 2.00 bits per heavy atom. The predicted octanol–water partition coefficient (Wildman–Crippen LogP) is 0.897. The Bertz CT molecular complexity index is 159. The van der Waals surface area contributed by atoms with Crippen molar-refractivity contribution in [2.45, 2.75) is 0 Å². The molecule has 0 amide bonds. The van der Waals surface area contributed by atoms with Gasteiger partial charge in [0.25, 0.3) is 0 Å². The van der Waals surface area contributed by atoms with Crippen LogP contribution >= 0.6 is 20.7 Å². The molecule has 0 atom stereocenters. The molecule has 5 heteroatoms. The van der Waals surface area contributed by atoms with Crippen molar-refractivity contribution in [3.05, 3.63) is 0 Å². The summed E-state index contributed by atoms with van der Waals surface area (Å²) < 4.78 is 21.1. The summed E-state index contributed by atoms with van der Waals surface area (Å²) in [6.07, 6.45) is 5.36. The molecule has 0 aliphatic carbocycles. The molecule has 0 aromatic rings. The SMILES string of the molecule is C[SH](C)SCS(C)(=O)=O. The number of rotatable bonds is 3. The van der Waals surface area contributed by atoms with Crippen LogP contribution in [0.1, 0.15) is 0 Å². The van der Waals surface area contributed by atoms with Crippen LogP contribution < -0.4 is 0 Å². The van der Waals surface area contributed by atoms with Gasteiger partial charge in [-0.2, -0.15) is 0 Å². The van der Waals surface area contributed by atoms with Crippen molar-refractivity contribution < 1.29 is 8.42 Å². The Labute approximate surface area is 63.1 Å². The highest BCUT2D eigenvalue weighted by molar-refractivity contribution is 8.85. The van der Waals surface area contributed by atoms with Gasteiger partial charge in [0.05, 0.1) is 0 Å². The maximum atomic E-state index is 10.5. The van der Waals surface area contributed by atoms with Crippen molar-refractivity contribution in [1.29, 1.82) is 0 Å². The molecule has 0 rings (SSSR count). The number of thiol groups is 1. The van der Waals surface area contributed by atoms with Crippen molar-refractivity contribution in [2.75, 3.05) is 23.9 Å². The zero-order chi connectivity index (χ0) is 7.49. The lowest BCUT2D eigenvalue weighted by Gasteiger charge is -2.05. The second-order valence-corrected chi connectivity index (χ2v) is 9.63. The van der Waals surface area contributed by atoms with E-state index in [4.69, 9.17) is 0 Å². The van der Waals surface area contributed by atoms with Gasteiger partial charge in [-0.05, 0) is 12.5 Å². The van der Waals surface area contributed by atoms with Gasteiger partial charge in [-0.1, -0.05) is 0 Å². The molecule has 58 valence electrons. The predicted molar refractivity (Wildman–Crippen MR) is 48.1 cm³/mol. The quantitative estimate of drug-likeness (QED) is 0.528. The molecule has 2 nitrogen and oxygen atoms in total. The Balaban J connectivity index is 3.53. The van der Waals surface area contributed by atoms with Crippen LogP contribution in [0.4, 0.5) is 0 Å². The molecule has 0 radical (unpaired) electrons. The summed E-state index contributed by atoms with van der Waals surface area (Å²) in [5, 5.41) is 0.270. The van der Waals surface area contributed by atoms with E-state index >= 15 is 0 Å². The molecular formula is C4H12O2S3. The summed E-state index contributed by atoms with van der Waals surface area (Å²) in [5.41, 5.74) is 0. The fourth-order valence-electron chi connectivity index (χ4n) is 0.201. The molecule has 0 heterocycles. The van der Waals surface area contributed by atoms with E-state index in [1.54, 1.807) is 0 Å². The zero-order valence-corrected chi connectivity index (χ0v) is 8.31. The summed E-state index contributed by atoms with van der Waals surface area (Å²) in [6, 6.07) is 0. The standard InChI is InChI=1S/C4H12O2S3/c1-8(2)7-4-9(3,5)6/h8H,4H2,1-3H3. The molecule has 0 spiro atoms. The number of hydrogen-bond donors (Lipinski definition) is 1. The average molecular weight is 188 g/mol. The van der Waals surface area contributed by atoms with Gasteiger partial charge >= 0.3 is 0 Å². The van der Waals surface area contributed by atoms with Gasteiger partial charge in [-0.3, -0.25) is 0 Å². The van der Waals surface area contributed by atoms with E-state index in [-0.39, 0.29) is 15.0 Å². The zero-order valence-electron chi connectivity index (χ0n) is 5.79. The maximum Gasteiger partial charge on any atom is 0.157 e. The topological polar surface area (TPSA) is 34.1 Å². The van der Waals surface area contributed by atoms with E-state index in [9.17, 15) is 8.42 Å². The first-order chi connectivity index (χ1) is 3.92. The lowest BCUT2D eigenvalue weighted by atomic mass is 11.9. The minimum absolute atomic E-state index is 0.127. The van der Waals surface area contributed by atoms with Crippen LogP contribution in [0.25, 0.3) is 0 Å². The molecule has 9 heavy (non-hydrogen) atoms. The molecular weight excluding hydrogens is 176 g/mol. The second-order valence-electron chi connectivity index (χ2n) is 1.99. The van der Waals surface area contributed by atoms with Crippen molar-refractivity contribution in [3.8, 4) is 0 Å². The van der Waals surface area contributed by atoms with Crippen molar-refractivity contribution in [2.24, 2.45) is 0 Å². The van der Waals surface area contributed by atoms with Crippen LogP contribution in [0.15, 0.2) is 0 Å². The summed E-state index contributed by atoms with van der Waals surface area (Å²) in [6.45, 7) is 0. The Kier molecular flexibility index (Phi) is 4.00. The minimum Gasteiger partial charge on any atom is -0.228 e. The van der Waals surface area contributed by atoms with E-state index < -0.39 is 9.84 Å². The largest absolute Gasteiger partial charge is 0.228 e. The Morgan fingerprint density at radius 2 is 1.89 bits per heavy atom. The van der Waals surface area contributed by atoms with E-state index in [2.05, 4.69) is 0 Å². The third-order valence-electron chi connectivity index (χ3n) is 0.525. The fraction of sp³-hybridized carbons (Fsp3) is 1.00. The highest BCUT2D eigenvalue weighted by Crippen LogP contribution is 2.32. The van der Waals surface area contributed by atoms with Gasteiger partial charge < -0.3 is 0 Å².